The largest absolute Gasteiger partial charge is 0.340 e. The smallest absolute Gasteiger partial charge is 0.141 e. The molecule has 0 fully saturated rings. The standard InChI is InChI=1S/C14H9IN3/c15-10-4-3-5-11(8-10)18-14-12-6-1-2-7-13(12)16-9-17-14/h2-9H,(H,16,17,18). The number of nitrogens with one attached hydrogen (secondary N) is 1. The first-order valence-corrected chi connectivity index (χ1v) is 6.54. The lowest BCUT2D eigenvalue weighted by Gasteiger charge is -2.08. The van der Waals surface area contributed by atoms with E-state index in [2.05, 4.69) is 56.1 Å². The highest BCUT2D eigenvalue weighted by molar-refractivity contribution is 14.1. The van der Waals surface area contributed by atoms with Crippen LogP contribution in [0.4, 0.5) is 11.5 Å². The van der Waals surface area contributed by atoms with Gasteiger partial charge in [0, 0.05) is 14.6 Å². The molecule has 0 unspecified atom stereocenters. The second-order valence-electron chi connectivity index (χ2n) is 3.80. The number of nitrogens with zero attached hydrogens (tertiary/aromatic N) is 2. The molecule has 0 spiro atoms. The summed E-state index contributed by atoms with van der Waals surface area (Å²) in [4.78, 5) is 8.52. The Hall–Kier alpha value is -1.69. The molecule has 4 heteroatoms. The third-order valence-corrected chi connectivity index (χ3v) is 3.24. The van der Waals surface area contributed by atoms with Gasteiger partial charge in [-0.25, -0.2) is 9.97 Å². The van der Waals surface area contributed by atoms with Crippen molar-refractivity contribution in [1.29, 1.82) is 0 Å². The van der Waals surface area contributed by atoms with Gasteiger partial charge >= 0.3 is 0 Å². The Morgan fingerprint density at radius 2 is 2.11 bits per heavy atom. The summed E-state index contributed by atoms with van der Waals surface area (Å²) < 4.78 is 1.18. The van der Waals surface area contributed by atoms with Crippen LogP contribution in [0.25, 0.3) is 10.9 Å². The van der Waals surface area contributed by atoms with Crippen molar-refractivity contribution in [2.75, 3.05) is 5.32 Å². The van der Waals surface area contributed by atoms with Crippen LogP contribution in [-0.2, 0) is 0 Å². The fraction of sp³-hybridized carbons (Fsp3) is 0. The molecule has 0 amide bonds. The van der Waals surface area contributed by atoms with Gasteiger partial charge in [-0.2, -0.15) is 0 Å². The van der Waals surface area contributed by atoms with Gasteiger partial charge in [0.05, 0.1) is 5.52 Å². The zero-order chi connectivity index (χ0) is 12.4. The number of aromatic nitrogens is 2. The van der Waals surface area contributed by atoms with Crippen LogP contribution in [0.3, 0.4) is 0 Å². The Kier molecular flexibility index (Phi) is 3.10. The van der Waals surface area contributed by atoms with E-state index in [0.29, 0.717) is 0 Å². The molecule has 1 heterocycles. The molecule has 1 radical (unpaired) electrons. The van der Waals surface area contributed by atoms with Crippen LogP contribution in [0.5, 0.6) is 0 Å². The molecule has 0 aliphatic carbocycles. The lowest BCUT2D eigenvalue weighted by molar-refractivity contribution is 1.22. The number of halogens is 1. The summed E-state index contributed by atoms with van der Waals surface area (Å²) >= 11 is 2.29. The van der Waals surface area contributed by atoms with E-state index < -0.39 is 0 Å². The van der Waals surface area contributed by atoms with Crippen LogP contribution in [0.15, 0.2) is 48.8 Å². The maximum atomic E-state index is 4.29. The summed E-state index contributed by atoms with van der Waals surface area (Å²) in [5.41, 5.74) is 1.93. The van der Waals surface area contributed by atoms with E-state index in [-0.39, 0.29) is 0 Å². The molecule has 0 aliphatic rings. The van der Waals surface area contributed by atoms with Gasteiger partial charge < -0.3 is 5.32 Å². The maximum absolute atomic E-state index is 4.29. The lowest BCUT2D eigenvalue weighted by atomic mass is 10.2. The van der Waals surface area contributed by atoms with E-state index >= 15 is 0 Å². The van der Waals surface area contributed by atoms with Gasteiger partial charge in [-0.1, -0.05) is 12.1 Å². The molecule has 0 bridgehead atoms. The maximum Gasteiger partial charge on any atom is 0.141 e. The number of hydrogen-bond acceptors (Lipinski definition) is 3. The van der Waals surface area contributed by atoms with Crippen molar-refractivity contribution in [3.8, 4) is 0 Å². The third kappa shape index (κ3) is 2.28. The van der Waals surface area contributed by atoms with E-state index in [1.165, 1.54) is 3.57 Å². The Labute approximate surface area is 118 Å². The molecule has 3 nitrogen and oxygen atoms in total. The first kappa shape index (κ1) is 11.4. The van der Waals surface area contributed by atoms with Crippen LogP contribution in [0.2, 0.25) is 0 Å². The van der Waals surface area contributed by atoms with Crippen molar-refractivity contribution >= 4 is 45.0 Å². The van der Waals surface area contributed by atoms with Crippen LogP contribution in [0.1, 0.15) is 0 Å². The Morgan fingerprint density at radius 3 is 3.00 bits per heavy atom. The minimum atomic E-state index is 0.804. The molecule has 87 valence electrons. The topological polar surface area (TPSA) is 37.8 Å². The van der Waals surface area contributed by atoms with Gasteiger partial charge in [0.25, 0.3) is 0 Å². The molecule has 2 aromatic carbocycles. The first-order chi connectivity index (χ1) is 8.83. The predicted octanol–water partition coefficient (Wildman–Crippen LogP) is 3.78. The fourth-order valence-electron chi connectivity index (χ4n) is 1.75. The normalized spacial score (nSPS) is 10.5. The SMILES string of the molecule is Ic1cccc(Nc2ncnc3cc[c]cc23)c1. The van der Waals surface area contributed by atoms with Crippen LogP contribution in [-0.4, -0.2) is 9.97 Å². The molecule has 0 atom stereocenters. The molecule has 0 saturated carbocycles. The van der Waals surface area contributed by atoms with Crippen molar-refractivity contribution in [2.45, 2.75) is 0 Å². The van der Waals surface area contributed by atoms with Gasteiger partial charge in [-0.05, 0) is 59.0 Å². The monoisotopic (exact) mass is 346 g/mol. The second kappa shape index (κ2) is 4.89. The van der Waals surface area contributed by atoms with Gasteiger partial charge in [-0.15, -0.1) is 0 Å². The number of fused-ring (bicyclic) bond motifs is 1. The van der Waals surface area contributed by atoms with E-state index in [4.69, 9.17) is 0 Å². The Morgan fingerprint density at radius 1 is 1.17 bits per heavy atom. The van der Waals surface area contributed by atoms with Gasteiger partial charge in [0.1, 0.15) is 12.1 Å². The van der Waals surface area contributed by atoms with Crippen molar-refractivity contribution in [3.63, 3.8) is 0 Å². The van der Waals surface area contributed by atoms with E-state index in [1.807, 2.05) is 30.3 Å². The quantitative estimate of drug-likeness (QED) is 0.718. The molecule has 3 aromatic rings. The third-order valence-electron chi connectivity index (χ3n) is 2.57. The van der Waals surface area contributed by atoms with Gasteiger partial charge in [0.2, 0.25) is 0 Å². The summed E-state index contributed by atoms with van der Waals surface area (Å²) in [7, 11) is 0. The molecule has 3 rings (SSSR count). The van der Waals surface area contributed by atoms with E-state index in [0.717, 1.165) is 22.4 Å². The number of benzene rings is 2. The average Bonchev–Trinajstić information content (AvgIpc) is 2.39. The van der Waals surface area contributed by atoms with Gasteiger partial charge in [-0.3, -0.25) is 0 Å². The summed E-state index contributed by atoms with van der Waals surface area (Å²) in [6, 6.07) is 16.9. The number of rotatable bonds is 2. The zero-order valence-electron chi connectivity index (χ0n) is 9.39. The highest BCUT2D eigenvalue weighted by Gasteiger charge is 2.03. The Balaban J connectivity index is 2.05. The molecule has 0 saturated heterocycles. The molecular formula is C14H9IN3. The Bertz CT molecular complexity index is 692. The summed E-state index contributed by atoms with van der Waals surface area (Å²) in [6.45, 7) is 0. The first-order valence-electron chi connectivity index (χ1n) is 5.46. The molecule has 1 aromatic heterocycles. The fourth-order valence-corrected chi connectivity index (χ4v) is 2.29. The zero-order valence-corrected chi connectivity index (χ0v) is 11.5. The minimum Gasteiger partial charge on any atom is -0.340 e. The van der Waals surface area contributed by atoms with E-state index in [1.54, 1.807) is 6.33 Å². The molecule has 0 aliphatic heterocycles. The molecular weight excluding hydrogens is 337 g/mol. The summed E-state index contributed by atoms with van der Waals surface area (Å²) in [6.07, 6.45) is 1.57. The second-order valence-corrected chi connectivity index (χ2v) is 5.05. The van der Waals surface area contributed by atoms with Gasteiger partial charge in [0.15, 0.2) is 0 Å². The molecule has 18 heavy (non-hydrogen) atoms. The van der Waals surface area contributed by atoms with Crippen molar-refractivity contribution < 1.29 is 0 Å². The minimum absolute atomic E-state index is 0.804. The highest BCUT2D eigenvalue weighted by Crippen LogP contribution is 2.23. The number of anilines is 2. The van der Waals surface area contributed by atoms with Crippen LogP contribution in [0, 0.1) is 9.64 Å². The predicted molar refractivity (Wildman–Crippen MR) is 80.8 cm³/mol. The average molecular weight is 346 g/mol. The summed E-state index contributed by atoms with van der Waals surface area (Å²) in [5, 5.41) is 4.28. The lowest BCUT2D eigenvalue weighted by Crippen LogP contribution is -1.95. The highest BCUT2D eigenvalue weighted by atomic mass is 127. The van der Waals surface area contributed by atoms with Crippen LogP contribution >= 0.6 is 22.6 Å². The molecule has 1 N–H and O–H groups in total. The van der Waals surface area contributed by atoms with E-state index in [9.17, 15) is 0 Å². The van der Waals surface area contributed by atoms with Crippen LogP contribution < -0.4 is 5.32 Å². The van der Waals surface area contributed by atoms with Crippen molar-refractivity contribution in [2.24, 2.45) is 0 Å². The number of hydrogen-bond donors (Lipinski definition) is 1. The summed E-state index contributed by atoms with van der Waals surface area (Å²) in [5.74, 6) is 0.804. The van der Waals surface area contributed by atoms with Crippen molar-refractivity contribution in [1.82, 2.24) is 9.97 Å². The van der Waals surface area contributed by atoms with Crippen molar-refractivity contribution in [3.05, 3.63) is 58.4 Å².